The van der Waals surface area contributed by atoms with Crippen LogP contribution in [0.5, 0.6) is 0 Å². The number of hydrogen-bond acceptors (Lipinski definition) is 2. The molecule has 11 heavy (non-hydrogen) atoms. The van der Waals surface area contributed by atoms with E-state index in [0.29, 0.717) is 13.1 Å². The lowest BCUT2D eigenvalue weighted by Crippen LogP contribution is -2.34. The number of hydrogen-bond donors (Lipinski definition) is 1. The summed E-state index contributed by atoms with van der Waals surface area (Å²) in [5.74, 6) is -0.228. The van der Waals surface area contributed by atoms with E-state index < -0.39 is 0 Å². The van der Waals surface area contributed by atoms with Crippen molar-refractivity contribution in [3.8, 4) is 0 Å². The van der Waals surface area contributed by atoms with Crippen LogP contribution in [0.1, 0.15) is 0 Å². The molecule has 64 valence electrons. The lowest BCUT2D eigenvalue weighted by molar-refractivity contribution is -0.128. The van der Waals surface area contributed by atoms with Crippen LogP contribution >= 0.6 is 11.6 Å². The quantitative estimate of drug-likeness (QED) is 0.483. The molecule has 0 bridgehead atoms. The fourth-order valence-electron chi connectivity index (χ4n) is 0.679. The number of carbonyl (C=O) groups is 1. The lowest BCUT2D eigenvalue weighted by Gasteiger charge is -2.17. The molecule has 0 aliphatic carbocycles. The third kappa shape index (κ3) is 4.01. The van der Waals surface area contributed by atoms with Crippen molar-refractivity contribution >= 4 is 17.5 Å². The van der Waals surface area contributed by atoms with Crippen molar-refractivity contribution in [2.24, 2.45) is 0 Å². The Balaban J connectivity index is 3.86. The lowest BCUT2D eigenvalue weighted by atomic mass is 10.4. The van der Waals surface area contributed by atoms with Crippen LogP contribution in [-0.4, -0.2) is 41.5 Å². The molecular weight excluding hydrogens is 166 g/mol. The SMILES string of the molecule is C=CCN(CCO)C(=O)CCl. The van der Waals surface area contributed by atoms with Crippen LogP contribution in [0.15, 0.2) is 12.7 Å². The molecular formula is C7H12ClNO2. The second kappa shape index (κ2) is 6.19. The normalized spacial score (nSPS) is 9.27. The molecule has 0 unspecified atom stereocenters. The van der Waals surface area contributed by atoms with Gasteiger partial charge in [-0.15, -0.1) is 18.2 Å². The van der Waals surface area contributed by atoms with Gasteiger partial charge in [-0.05, 0) is 0 Å². The van der Waals surface area contributed by atoms with Gasteiger partial charge < -0.3 is 10.0 Å². The molecule has 0 radical (unpaired) electrons. The monoisotopic (exact) mass is 177 g/mol. The van der Waals surface area contributed by atoms with E-state index in [1.807, 2.05) is 0 Å². The summed E-state index contributed by atoms with van der Waals surface area (Å²) >= 11 is 5.31. The van der Waals surface area contributed by atoms with Crippen molar-refractivity contribution in [1.29, 1.82) is 0 Å². The minimum absolute atomic E-state index is 0.0452. The Kier molecular flexibility index (Phi) is 5.88. The first-order chi connectivity index (χ1) is 5.26. The maximum atomic E-state index is 10.9. The number of nitrogens with zero attached hydrogens (tertiary/aromatic N) is 1. The van der Waals surface area contributed by atoms with Gasteiger partial charge in [0.25, 0.3) is 0 Å². The summed E-state index contributed by atoms with van der Waals surface area (Å²) in [5, 5.41) is 8.54. The first-order valence-electron chi connectivity index (χ1n) is 3.31. The van der Waals surface area contributed by atoms with E-state index in [1.165, 1.54) is 4.90 Å². The van der Waals surface area contributed by atoms with E-state index in [2.05, 4.69) is 6.58 Å². The van der Waals surface area contributed by atoms with E-state index >= 15 is 0 Å². The molecule has 3 nitrogen and oxygen atoms in total. The van der Waals surface area contributed by atoms with E-state index in [0.717, 1.165) is 0 Å². The van der Waals surface area contributed by atoms with Crippen LogP contribution in [0.3, 0.4) is 0 Å². The molecule has 0 saturated carbocycles. The fraction of sp³-hybridized carbons (Fsp3) is 0.571. The summed E-state index contributed by atoms with van der Waals surface area (Å²) in [6.45, 7) is 4.19. The highest BCUT2D eigenvalue weighted by atomic mass is 35.5. The zero-order valence-corrected chi connectivity index (χ0v) is 7.05. The second-order valence-electron chi connectivity index (χ2n) is 1.99. The Hall–Kier alpha value is -0.540. The van der Waals surface area contributed by atoms with E-state index in [4.69, 9.17) is 16.7 Å². The summed E-state index contributed by atoms with van der Waals surface area (Å²) in [5.41, 5.74) is 0. The molecule has 0 aliphatic heterocycles. The van der Waals surface area contributed by atoms with Gasteiger partial charge in [-0.3, -0.25) is 4.79 Å². The Morgan fingerprint density at radius 3 is 2.73 bits per heavy atom. The summed E-state index contributed by atoms with van der Waals surface area (Å²) in [6, 6.07) is 0. The predicted molar refractivity (Wildman–Crippen MR) is 44.6 cm³/mol. The third-order valence-corrected chi connectivity index (χ3v) is 1.42. The van der Waals surface area contributed by atoms with Crippen molar-refractivity contribution in [2.45, 2.75) is 0 Å². The number of alkyl halides is 1. The number of rotatable bonds is 5. The van der Waals surface area contributed by atoms with Crippen LogP contribution < -0.4 is 0 Å². The molecule has 0 aromatic carbocycles. The van der Waals surface area contributed by atoms with Crippen LogP contribution in [0.2, 0.25) is 0 Å². The second-order valence-corrected chi connectivity index (χ2v) is 2.25. The molecule has 0 heterocycles. The Labute approximate surface area is 71.3 Å². The van der Waals surface area contributed by atoms with Crippen molar-refractivity contribution in [2.75, 3.05) is 25.6 Å². The highest BCUT2D eigenvalue weighted by Crippen LogP contribution is 1.91. The van der Waals surface area contributed by atoms with E-state index in [1.54, 1.807) is 6.08 Å². The molecule has 0 fully saturated rings. The minimum atomic E-state index is -0.180. The maximum Gasteiger partial charge on any atom is 0.237 e. The minimum Gasteiger partial charge on any atom is -0.395 e. The number of aliphatic hydroxyl groups excluding tert-OH is 1. The van der Waals surface area contributed by atoms with Gasteiger partial charge >= 0.3 is 0 Å². The van der Waals surface area contributed by atoms with Gasteiger partial charge in [0.05, 0.1) is 6.61 Å². The number of aliphatic hydroxyl groups is 1. The largest absolute Gasteiger partial charge is 0.395 e. The highest BCUT2D eigenvalue weighted by Gasteiger charge is 2.08. The maximum absolute atomic E-state index is 10.9. The van der Waals surface area contributed by atoms with Gasteiger partial charge in [0.15, 0.2) is 0 Å². The number of amides is 1. The van der Waals surface area contributed by atoms with Gasteiger partial charge in [-0.25, -0.2) is 0 Å². The average Bonchev–Trinajstić information content (AvgIpc) is 2.03. The van der Waals surface area contributed by atoms with Crippen LogP contribution in [0, 0.1) is 0 Å². The average molecular weight is 178 g/mol. The van der Waals surface area contributed by atoms with Crippen molar-refractivity contribution in [3.63, 3.8) is 0 Å². The molecule has 0 atom stereocenters. The molecule has 0 aromatic rings. The first kappa shape index (κ1) is 10.5. The molecule has 0 rings (SSSR count). The molecule has 0 aromatic heterocycles. The van der Waals surface area contributed by atoms with Crippen molar-refractivity contribution in [1.82, 2.24) is 4.90 Å². The molecule has 0 spiro atoms. The first-order valence-corrected chi connectivity index (χ1v) is 3.85. The molecule has 1 amide bonds. The standard InChI is InChI=1S/C7H12ClNO2/c1-2-3-9(4-5-10)7(11)6-8/h2,10H,1,3-6H2. The van der Waals surface area contributed by atoms with Gasteiger partial charge in [0.2, 0.25) is 5.91 Å². The van der Waals surface area contributed by atoms with Gasteiger partial charge in [0.1, 0.15) is 5.88 Å². The van der Waals surface area contributed by atoms with Gasteiger partial charge in [-0.1, -0.05) is 6.08 Å². The Bertz CT molecular complexity index is 138. The summed E-state index contributed by atoms with van der Waals surface area (Å²) in [4.78, 5) is 12.4. The Morgan fingerprint density at radius 2 is 2.36 bits per heavy atom. The van der Waals surface area contributed by atoms with E-state index in [9.17, 15) is 4.79 Å². The summed E-state index contributed by atoms with van der Waals surface area (Å²) in [6.07, 6.45) is 1.60. The van der Waals surface area contributed by atoms with Crippen LogP contribution in [0.25, 0.3) is 0 Å². The summed E-state index contributed by atoms with van der Waals surface area (Å²) < 4.78 is 0. The number of halogens is 1. The molecule has 1 N–H and O–H groups in total. The zero-order chi connectivity index (χ0) is 8.69. The highest BCUT2D eigenvalue weighted by molar-refractivity contribution is 6.27. The van der Waals surface area contributed by atoms with Crippen LogP contribution in [-0.2, 0) is 4.79 Å². The van der Waals surface area contributed by atoms with Gasteiger partial charge in [-0.2, -0.15) is 0 Å². The van der Waals surface area contributed by atoms with Crippen molar-refractivity contribution < 1.29 is 9.90 Å². The predicted octanol–water partition coefficient (Wildman–Crippen LogP) is 0.232. The topological polar surface area (TPSA) is 40.5 Å². The van der Waals surface area contributed by atoms with Gasteiger partial charge in [0, 0.05) is 13.1 Å². The smallest absolute Gasteiger partial charge is 0.237 e. The van der Waals surface area contributed by atoms with Crippen molar-refractivity contribution in [3.05, 3.63) is 12.7 Å². The molecule has 4 heteroatoms. The Morgan fingerprint density at radius 1 is 1.73 bits per heavy atom. The number of carbonyl (C=O) groups excluding carboxylic acids is 1. The third-order valence-electron chi connectivity index (χ3n) is 1.19. The van der Waals surface area contributed by atoms with E-state index in [-0.39, 0.29) is 18.4 Å². The fourth-order valence-corrected chi connectivity index (χ4v) is 0.848. The molecule has 0 aliphatic rings. The summed E-state index contributed by atoms with van der Waals surface area (Å²) in [7, 11) is 0. The molecule has 0 saturated heterocycles. The van der Waals surface area contributed by atoms with Crippen LogP contribution in [0.4, 0.5) is 0 Å². The zero-order valence-electron chi connectivity index (χ0n) is 6.29.